The van der Waals surface area contributed by atoms with Crippen LogP contribution in [0.5, 0.6) is 11.5 Å². The van der Waals surface area contributed by atoms with Crippen molar-refractivity contribution in [3.63, 3.8) is 0 Å². The Labute approximate surface area is 141 Å². The molecular weight excluding hydrogens is 304 g/mol. The number of hydrogen-bond acceptors (Lipinski definition) is 4. The zero-order chi connectivity index (χ0) is 17.2. The van der Waals surface area contributed by atoms with Gasteiger partial charge < -0.3 is 9.47 Å². The maximum absolute atomic E-state index is 11.8. The van der Waals surface area contributed by atoms with Crippen LogP contribution in [0.15, 0.2) is 66.3 Å². The van der Waals surface area contributed by atoms with Crippen molar-refractivity contribution < 1.29 is 14.3 Å². The van der Waals surface area contributed by atoms with Crippen LogP contribution in [-0.2, 0) is 4.79 Å². The molecule has 1 N–H and O–H groups in total. The predicted octanol–water partition coefficient (Wildman–Crippen LogP) is 3.09. The quantitative estimate of drug-likeness (QED) is 0.461. The van der Waals surface area contributed by atoms with Crippen LogP contribution in [0.25, 0.3) is 0 Å². The summed E-state index contributed by atoms with van der Waals surface area (Å²) in [6.07, 6.45) is 3.20. The highest BCUT2D eigenvalue weighted by Gasteiger charge is 2.02. The molecule has 2 aromatic rings. The van der Waals surface area contributed by atoms with E-state index in [2.05, 4.69) is 17.1 Å². The third-order valence-electron chi connectivity index (χ3n) is 3.03. The minimum absolute atomic E-state index is 0.102. The van der Waals surface area contributed by atoms with Crippen LogP contribution in [0.4, 0.5) is 0 Å². The second kappa shape index (κ2) is 9.15. The average molecular weight is 324 g/mol. The van der Waals surface area contributed by atoms with Gasteiger partial charge in [-0.15, -0.1) is 0 Å². The van der Waals surface area contributed by atoms with Crippen molar-refractivity contribution in [3.05, 3.63) is 72.3 Å². The lowest BCUT2D eigenvalue weighted by molar-refractivity contribution is -0.123. The smallest absolute Gasteiger partial charge is 0.277 e. The standard InChI is InChI=1S/C19H20N2O3/c1-3-11-23-18-10-5-4-8-16(18)13-20-21-19(22)14-24-17-9-6-7-15(2)12-17/h3-10,12-13H,1,11,14H2,2H3,(H,21,22)/b20-13+. The van der Waals surface area contributed by atoms with E-state index in [-0.39, 0.29) is 12.5 Å². The Morgan fingerprint density at radius 1 is 1.21 bits per heavy atom. The Hall–Kier alpha value is -3.08. The van der Waals surface area contributed by atoms with E-state index in [0.29, 0.717) is 18.1 Å². The number of amides is 1. The van der Waals surface area contributed by atoms with E-state index in [1.807, 2.05) is 49.4 Å². The molecule has 5 nitrogen and oxygen atoms in total. The van der Waals surface area contributed by atoms with Gasteiger partial charge in [0.15, 0.2) is 6.61 Å². The first-order chi connectivity index (χ1) is 11.7. The van der Waals surface area contributed by atoms with Crippen LogP contribution in [0.3, 0.4) is 0 Å². The number of nitrogens with zero attached hydrogens (tertiary/aromatic N) is 1. The molecule has 0 aliphatic heterocycles. The summed E-state index contributed by atoms with van der Waals surface area (Å²) in [5.41, 5.74) is 4.26. The van der Waals surface area contributed by atoms with Crippen LogP contribution in [-0.4, -0.2) is 25.3 Å². The van der Waals surface area contributed by atoms with Crippen molar-refractivity contribution in [2.75, 3.05) is 13.2 Å². The molecule has 0 radical (unpaired) electrons. The molecule has 5 heteroatoms. The summed E-state index contributed by atoms with van der Waals surface area (Å²) in [6, 6.07) is 14.9. The lowest BCUT2D eigenvalue weighted by Crippen LogP contribution is -2.24. The van der Waals surface area contributed by atoms with Crippen LogP contribution in [0.1, 0.15) is 11.1 Å². The first-order valence-corrected chi connectivity index (χ1v) is 7.53. The van der Waals surface area contributed by atoms with E-state index < -0.39 is 0 Å². The maximum atomic E-state index is 11.8. The SMILES string of the molecule is C=CCOc1ccccc1/C=N/NC(=O)COc1cccc(C)c1. The second-order valence-electron chi connectivity index (χ2n) is 5.04. The minimum atomic E-state index is -0.336. The zero-order valence-corrected chi connectivity index (χ0v) is 13.6. The van der Waals surface area contributed by atoms with Crippen molar-refractivity contribution in [1.82, 2.24) is 5.43 Å². The summed E-state index contributed by atoms with van der Waals surface area (Å²) in [5.74, 6) is 0.987. The molecule has 0 heterocycles. The third kappa shape index (κ3) is 5.61. The Kier molecular flexibility index (Phi) is 6.58. The predicted molar refractivity (Wildman–Crippen MR) is 94.5 cm³/mol. The Bertz CT molecular complexity index is 726. The summed E-state index contributed by atoms with van der Waals surface area (Å²) in [7, 11) is 0. The van der Waals surface area contributed by atoms with Gasteiger partial charge in [0.25, 0.3) is 5.91 Å². The van der Waals surface area contributed by atoms with Crippen LogP contribution in [0, 0.1) is 6.92 Å². The molecule has 0 fully saturated rings. The molecule has 0 bridgehead atoms. The van der Waals surface area contributed by atoms with E-state index in [1.165, 1.54) is 6.21 Å². The highest BCUT2D eigenvalue weighted by Crippen LogP contribution is 2.15. The number of nitrogens with one attached hydrogen (secondary N) is 1. The van der Waals surface area contributed by atoms with E-state index in [1.54, 1.807) is 12.1 Å². The van der Waals surface area contributed by atoms with Gasteiger partial charge in [0.05, 0.1) is 6.21 Å². The summed E-state index contributed by atoms with van der Waals surface area (Å²) >= 11 is 0. The third-order valence-corrected chi connectivity index (χ3v) is 3.03. The van der Waals surface area contributed by atoms with Gasteiger partial charge in [-0.05, 0) is 36.8 Å². The Balaban J connectivity index is 1.85. The van der Waals surface area contributed by atoms with Gasteiger partial charge >= 0.3 is 0 Å². The number of carbonyl (C=O) groups is 1. The second-order valence-corrected chi connectivity index (χ2v) is 5.04. The van der Waals surface area contributed by atoms with Crippen molar-refractivity contribution in [1.29, 1.82) is 0 Å². The molecule has 0 spiro atoms. The molecule has 124 valence electrons. The summed E-state index contributed by atoms with van der Waals surface area (Å²) in [4.78, 5) is 11.8. The van der Waals surface area contributed by atoms with E-state index in [9.17, 15) is 4.79 Å². The number of ether oxygens (including phenoxy) is 2. The topological polar surface area (TPSA) is 59.9 Å². The average Bonchev–Trinajstić information content (AvgIpc) is 2.59. The van der Waals surface area contributed by atoms with Crippen LogP contribution >= 0.6 is 0 Å². The molecule has 0 atom stereocenters. The highest BCUT2D eigenvalue weighted by molar-refractivity contribution is 5.85. The van der Waals surface area contributed by atoms with E-state index >= 15 is 0 Å². The van der Waals surface area contributed by atoms with E-state index in [4.69, 9.17) is 9.47 Å². The van der Waals surface area contributed by atoms with Gasteiger partial charge in [0, 0.05) is 5.56 Å². The van der Waals surface area contributed by atoms with Crippen LogP contribution < -0.4 is 14.9 Å². The minimum Gasteiger partial charge on any atom is -0.489 e. The van der Waals surface area contributed by atoms with Crippen molar-refractivity contribution >= 4 is 12.1 Å². The normalized spacial score (nSPS) is 10.4. The van der Waals surface area contributed by atoms with Crippen molar-refractivity contribution in [3.8, 4) is 11.5 Å². The Morgan fingerprint density at radius 2 is 2.04 bits per heavy atom. The van der Waals surface area contributed by atoms with Gasteiger partial charge in [0.2, 0.25) is 0 Å². The fraction of sp³-hybridized carbons (Fsp3) is 0.158. The molecule has 0 unspecified atom stereocenters. The molecule has 2 rings (SSSR count). The molecule has 0 saturated heterocycles. The van der Waals surface area contributed by atoms with E-state index in [0.717, 1.165) is 11.1 Å². The molecule has 0 aromatic heterocycles. The molecule has 24 heavy (non-hydrogen) atoms. The first-order valence-electron chi connectivity index (χ1n) is 7.53. The first kappa shape index (κ1) is 17.3. The van der Waals surface area contributed by atoms with Crippen molar-refractivity contribution in [2.24, 2.45) is 5.10 Å². The number of para-hydroxylation sites is 1. The number of rotatable bonds is 8. The monoisotopic (exact) mass is 324 g/mol. The van der Waals surface area contributed by atoms with Crippen molar-refractivity contribution in [2.45, 2.75) is 6.92 Å². The lowest BCUT2D eigenvalue weighted by Gasteiger charge is -2.07. The van der Waals surface area contributed by atoms with Gasteiger partial charge in [0.1, 0.15) is 18.1 Å². The van der Waals surface area contributed by atoms with Gasteiger partial charge in [-0.25, -0.2) is 5.43 Å². The molecule has 0 aliphatic carbocycles. The van der Waals surface area contributed by atoms with Gasteiger partial charge in [-0.2, -0.15) is 5.10 Å². The van der Waals surface area contributed by atoms with Crippen LogP contribution in [0.2, 0.25) is 0 Å². The fourth-order valence-electron chi connectivity index (χ4n) is 1.93. The fourth-order valence-corrected chi connectivity index (χ4v) is 1.93. The number of benzene rings is 2. The summed E-state index contributed by atoms with van der Waals surface area (Å²) < 4.78 is 10.9. The number of carbonyl (C=O) groups excluding carboxylic acids is 1. The number of aryl methyl sites for hydroxylation is 1. The van der Waals surface area contributed by atoms with Gasteiger partial charge in [-0.1, -0.05) is 36.9 Å². The summed E-state index contributed by atoms with van der Waals surface area (Å²) in [5, 5.41) is 3.93. The summed E-state index contributed by atoms with van der Waals surface area (Å²) in [6.45, 7) is 5.88. The number of hydrazone groups is 1. The number of hydrogen-bond donors (Lipinski definition) is 1. The molecule has 2 aromatic carbocycles. The molecular formula is C19H20N2O3. The zero-order valence-electron chi connectivity index (χ0n) is 13.6. The highest BCUT2D eigenvalue weighted by atomic mass is 16.5. The van der Waals surface area contributed by atoms with Gasteiger partial charge in [-0.3, -0.25) is 4.79 Å². The Morgan fingerprint density at radius 3 is 2.83 bits per heavy atom. The largest absolute Gasteiger partial charge is 0.489 e. The lowest BCUT2D eigenvalue weighted by atomic mass is 10.2. The molecule has 0 saturated carbocycles. The molecule has 1 amide bonds. The maximum Gasteiger partial charge on any atom is 0.277 e. The molecule has 0 aliphatic rings.